The summed E-state index contributed by atoms with van der Waals surface area (Å²) in [5, 5.41) is 3.42. The average Bonchev–Trinajstić information content (AvgIpc) is 2.99. The van der Waals surface area contributed by atoms with Crippen LogP contribution in [0.25, 0.3) is 11.5 Å². The minimum absolute atomic E-state index is 0.00325. The predicted molar refractivity (Wildman–Crippen MR) is 95.5 cm³/mol. The van der Waals surface area contributed by atoms with Crippen molar-refractivity contribution in [3.63, 3.8) is 0 Å². The van der Waals surface area contributed by atoms with Crippen molar-refractivity contribution < 1.29 is 18.7 Å². The van der Waals surface area contributed by atoms with Crippen LogP contribution in [0, 0.1) is 6.92 Å². The molecule has 1 fully saturated rings. The van der Waals surface area contributed by atoms with Crippen LogP contribution in [0.4, 0.5) is 0 Å². The van der Waals surface area contributed by atoms with Crippen molar-refractivity contribution in [3.8, 4) is 11.5 Å². The Kier molecular flexibility index (Phi) is 5.58. The number of aromatic nitrogens is 1. The molecule has 1 aromatic carbocycles. The quantitative estimate of drug-likeness (QED) is 0.804. The number of carbonyl (C=O) groups excluding carboxylic acids is 2. The van der Waals surface area contributed by atoms with Gasteiger partial charge in [-0.2, -0.15) is 0 Å². The molecule has 0 radical (unpaired) electrons. The number of nitrogens with one attached hydrogen (secondary N) is 1. The number of hydrogen-bond donors (Lipinski definition) is 1. The van der Waals surface area contributed by atoms with Crippen molar-refractivity contribution in [3.05, 3.63) is 40.7 Å². The molecule has 3 rings (SSSR count). The van der Waals surface area contributed by atoms with Crippen LogP contribution in [0.3, 0.4) is 0 Å². The van der Waals surface area contributed by atoms with Gasteiger partial charge in [-0.05, 0) is 31.2 Å². The van der Waals surface area contributed by atoms with Crippen molar-refractivity contribution >= 4 is 23.5 Å². The van der Waals surface area contributed by atoms with Crippen LogP contribution in [0.5, 0.6) is 0 Å². The Bertz CT molecular complexity index is 803. The minimum Gasteiger partial charge on any atom is -0.469 e. The molecule has 2 heterocycles. The largest absolute Gasteiger partial charge is 0.469 e. The molecule has 0 unspecified atom stereocenters. The lowest BCUT2D eigenvalue weighted by Crippen LogP contribution is -2.55. The Morgan fingerprint density at radius 2 is 2.15 bits per heavy atom. The van der Waals surface area contributed by atoms with E-state index in [0.29, 0.717) is 36.3 Å². The maximum atomic E-state index is 12.2. The molecule has 2 aromatic rings. The second-order valence-corrected chi connectivity index (χ2v) is 6.52. The summed E-state index contributed by atoms with van der Waals surface area (Å²) >= 11 is 5.91. The van der Waals surface area contributed by atoms with Gasteiger partial charge in [-0.3, -0.25) is 14.5 Å². The fraction of sp³-hybridized carbons (Fsp3) is 0.389. The van der Waals surface area contributed by atoms with E-state index in [1.165, 1.54) is 7.11 Å². The van der Waals surface area contributed by atoms with Gasteiger partial charge < -0.3 is 14.5 Å². The fourth-order valence-electron chi connectivity index (χ4n) is 2.90. The fourth-order valence-corrected chi connectivity index (χ4v) is 3.02. The molecule has 0 spiro atoms. The van der Waals surface area contributed by atoms with Gasteiger partial charge in [0.05, 0.1) is 19.2 Å². The summed E-state index contributed by atoms with van der Waals surface area (Å²) in [5.74, 6) is 0.578. The highest BCUT2D eigenvalue weighted by atomic mass is 35.5. The highest BCUT2D eigenvalue weighted by Gasteiger charge is 2.33. The third-order valence-corrected chi connectivity index (χ3v) is 4.62. The molecule has 1 aliphatic rings. The summed E-state index contributed by atoms with van der Waals surface area (Å²) in [4.78, 5) is 30.3. The molecule has 1 atom stereocenters. The maximum Gasteiger partial charge on any atom is 0.307 e. The number of carbonyl (C=O) groups is 2. The molecule has 1 saturated heterocycles. The van der Waals surface area contributed by atoms with Crippen LogP contribution in [0.15, 0.2) is 28.7 Å². The molecule has 0 aliphatic carbocycles. The molecule has 1 aromatic heterocycles. The third kappa shape index (κ3) is 4.05. The van der Waals surface area contributed by atoms with Crippen LogP contribution in [-0.2, 0) is 20.9 Å². The summed E-state index contributed by atoms with van der Waals surface area (Å²) < 4.78 is 10.5. The Labute approximate surface area is 156 Å². The number of nitrogens with zero attached hydrogens (tertiary/aromatic N) is 2. The van der Waals surface area contributed by atoms with E-state index >= 15 is 0 Å². The van der Waals surface area contributed by atoms with Crippen LogP contribution >= 0.6 is 11.6 Å². The van der Waals surface area contributed by atoms with E-state index in [0.717, 1.165) is 11.3 Å². The number of halogens is 1. The zero-order valence-corrected chi connectivity index (χ0v) is 15.4. The lowest BCUT2D eigenvalue weighted by molar-refractivity contribution is -0.146. The number of oxazole rings is 1. The molecule has 138 valence electrons. The molecule has 26 heavy (non-hydrogen) atoms. The number of rotatable bonds is 5. The van der Waals surface area contributed by atoms with Crippen LogP contribution in [0.1, 0.15) is 17.9 Å². The maximum absolute atomic E-state index is 12.2. The van der Waals surface area contributed by atoms with Crippen molar-refractivity contribution in [2.75, 3.05) is 20.2 Å². The van der Waals surface area contributed by atoms with Crippen LogP contribution in [0.2, 0.25) is 5.02 Å². The van der Waals surface area contributed by atoms with Crippen molar-refractivity contribution in [2.24, 2.45) is 0 Å². The first-order valence-electron chi connectivity index (χ1n) is 8.28. The third-order valence-electron chi connectivity index (χ3n) is 4.37. The van der Waals surface area contributed by atoms with Gasteiger partial charge in [-0.15, -0.1) is 0 Å². The molecule has 1 aliphatic heterocycles. The molecule has 7 nitrogen and oxygen atoms in total. The number of hydrogen-bond acceptors (Lipinski definition) is 6. The van der Waals surface area contributed by atoms with Gasteiger partial charge >= 0.3 is 5.97 Å². The molecular weight excluding hydrogens is 358 g/mol. The minimum atomic E-state index is -0.578. The van der Waals surface area contributed by atoms with Crippen molar-refractivity contribution in [1.82, 2.24) is 15.2 Å². The normalized spacial score (nSPS) is 17.8. The Balaban J connectivity index is 1.79. The average molecular weight is 378 g/mol. The second kappa shape index (κ2) is 7.88. The van der Waals surface area contributed by atoms with Crippen LogP contribution in [-0.4, -0.2) is 48.0 Å². The molecule has 1 N–H and O–H groups in total. The molecule has 0 saturated carbocycles. The summed E-state index contributed by atoms with van der Waals surface area (Å²) in [6.07, 6.45) is 0.00325. The van der Waals surface area contributed by atoms with E-state index in [1.807, 2.05) is 24.0 Å². The first-order chi connectivity index (χ1) is 12.5. The standard InChI is InChI=1S/C18H20ClN3O4/c1-11-14(21-18(26-11)12-3-5-13(19)6-4-12)10-22-8-7-20-17(24)15(22)9-16(23)25-2/h3-6,15H,7-10H2,1-2H3,(H,20,24)/t15-/m0/s1. The van der Waals surface area contributed by atoms with Gasteiger partial charge in [0.1, 0.15) is 11.8 Å². The zero-order chi connectivity index (χ0) is 18.7. The summed E-state index contributed by atoms with van der Waals surface area (Å²) in [5.41, 5.74) is 1.56. The number of methoxy groups -OCH3 is 1. The molecule has 8 heteroatoms. The number of esters is 1. The smallest absolute Gasteiger partial charge is 0.307 e. The predicted octanol–water partition coefficient (Wildman–Crippen LogP) is 2.17. The topological polar surface area (TPSA) is 84.7 Å². The lowest BCUT2D eigenvalue weighted by Gasteiger charge is -2.33. The highest BCUT2D eigenvalue weighted by molar-refractivity contribution is 6.30. The number of aryl methyl sites for hydroxylation is 1. The molecule has 1 amide bonds. The van der Waals surface area contributed by atoms with E-state index < -0.39 is 12.0 Å². The number of ether oxygens (including phenoxy) is 1. The Hall–Kier alpha value is -2.38. The van der Waals surface area contributed by atoms with E-state index in [1.54, 1.807) is 12.1 Å². The van der Waals surface area contributed by atoms with Crippen LogP contribution < -0.4 is 5.32 Å². The number of benzene rings is 1. The van der Waals surface area contributed by atoms with Gasteiger partial charge in [-0.1, -0.05) is 11.6 Å². The summed E-state index contributed by atoms with van der Waals surface area (Å²) in [6.45, 7) is 3.40. The lowest BCUT2D eigenvalue weighted by atomic mass is 10.1. The zero-order valence-electron chi connectivity index (χ0n) is 14.6. The molecule has 0 bridgehead atoms. The van der Waals surface area contributed by atoms with E-state index in [4.69, 9.17) is 20.8 Å². The van der Waals surface area contributed by atoms with E-state index in [2.05, 4.69) is 10.3 Å². The second-order valence-electron chi connectivity index (χ2n) is 6.09. The Morgan fingerprint density at radius 1 is 1.42 bits per heavy atom. The van der Waals surface area contributed by atoms with E-state index in [9.17, 15) is 9.59 Å². The molecular formula is C18H20ClN3O4. The SMILES string of the molecule is COC(=O)C[C@H]1C(=O)NCCN1Cc1nc(-c2ccc(Cl)cc2)oc1C. The van der Waals surface area contributed by atoms with Gasteiger partial charge in [0.25, 0.3) is 0 Å². The number of amides is 1. The Morgan fingerprint density at radius 3 is 2.85 bits per heavy atom. The van der Waals surface area contributed by atoms with Gasteiger partial charge in [-0.25, -0.2) is 4.98 Å². The van der Waals surface area contributed by atoms with Crippen molar-refractivity contribution in [2.45, 2.75) is 25.9 Å². The van der Waals surface area contributed by atoms with Gasteiger partial charge in [0, 0.05) is 30.2 Å². The first-order valence-corrected chi connectivity index (χ1v) is 8.66. The van der Waals surface area contributed by atoms with Gasteiger partial charge in [0.2, 0.25) is 11.8 Å². The monoisotopic (exact) mass is 377 g/mol. The van der Waals surface area contributed by atoms with Crippen molar-refractivity contribution in [1.29, 1.82) is 0 Å². The highest BCUT2D eigenvalue weighted by Crippen LogP contribution is 2.25. The summed E-state index contributed by atoms with van der Waals surface area (Å²) in [7, 11) is 1.31. The first kappa shape index (κ1) is 18.4. The summed E-state index contributed by atoms with van der Waals surface area (Å²) in [6, 6.07) is 6.65. The van der Waals surface area contributed by atoms with Gasteiger partial charge in [0.15, 0.2) is 0 Å². The van der Waals surface area contributed by atoms with E-state index in [-0.39, 0.29) is 12.3 Å². The number of piperazine rings is 1.